The molecule has 1 aromatic rings. The van der Waals surface area contributed by atoms with Crippen LogP contribution < -0.4 is 0 Å². The molecular weight excluding hydrogens is 231 g/mol. The van der Waals surface area contributed by atoms with E-state index in [2.05, 4.69) is 16.8 Å². The van der Waals surface area contributed by atoms with Gasteiger partial charge >= 0.3 is 0 Å². The number of piperazine rings is 1. The highest BCUT2D eigenvalue weighted by Gasteiger charge is 2.23. The van der Waals surface area contributed by atoms with Crippen molar-refractivity contribution in [2.45, 2.75) is 13.0 Å². The van der Waals surface area contributed by atoms with Crippen LogP contribution in [0.25, 0.3) is 0 Å². The number of aliphatic hydroxyl groups excluding tert-OH is 1. The molecule has 1 aliphatic heterocycles. The fraction of sp³-hybridized carbons (Fsp3) is 0.571. The Kier molecular flexibility index (Phi) is 4.32. The monoisotopic (exact) mass is 252 g/mol. The average Bonchev–Trinajstić information content (AvgIpc) is 2.37. The first-order valence-electron chi connectivity index (χ1n) is 6.41. The van der Waals surface area contributed by atoms with Crippen LogP contribution in [0.3, 0.4) is 0 Å². The van der Waals surface area contributed by atoms with Crippen LogP contribution in [0.1, 0.15) is 17.2 Å². The number of rotatable bonds is 3. The van der Waals surface area contributed by atoms with Crippen LogP contribution in [-0.2, 0) is 0 Å². The molecule has 0 spiro atoms. The minimum Gasteiger partial charge on any atom is -0.394 e. The van der Waals surface area contributed by atoms with Crippen molar-refractivity contribution in [3.63, 3.8) is 0 Å². The predicted molar refractivity (Wildman–Crippen MR) is 70.0 cm³/mol. The van der Waals surface area contributed by atoms with Crippen molar-refractivity contribution in [3.05, 3.63) is 35.1 Å². The van der Waals surface area contributed by atoms with Crippen molar-refractivity contribution in [3.8, 4) is 0 Å². The molecule has 0 radical (unpaired) electrons. The van der Waals surface area contributed by atoms with Gasteiger partial charge < -0.3 is 10.0 Å². The molecule has 4 heteroatoms. The summed E-state index contributed by atoms with van der Waals surface area (Å²) in [7, 11) is 2.10. The number of aliphatic hydroxyl groups is 1. The summed E-state index contributed by atoms with van der Waals surface area (Å²) in [4.78, 5) is 4.55. The first-order valence-corrected chi connectivity index (χ1v) is 6.41. The quantitative estimate of drug-likeness (QED) is 0.881. The maximum absolute atomic E-state index is 13.3. The Hall–Kier alpha value is -0.970. The summed E-state index contributed by atoms with van der Waals surface area (Å²) in [5.41, 5.74) is 1.64. The van der Waals surface area contributed by atoms with Crippen molar-refractivity contribution in [1.82, 2.24) is 9.80 Å². The second-order valence-corrected chi connectivity index (χ2v) is 5.05. The van der Waals surface area contributed by atoms with Crippen molar-refractivity contribution < 1.29 is 9.50 Å². The lowest BCUT2D eigenvalue weighted by atomic mass is 10.0. The fourth-order valence-corrected chi connectivity index (χ4v) is 2.44. The van der Waals surface area contributed by atoms with E-state index in [-0.39, 0.29) is 18.5 Å². The first kappa shape index (κ1) is 13.5. The lowest BCUT2D eigenvalue weighted by Gasteiger charge is -2.37. The van der Waals surface area contributed by atoms with Crippen LogP contribution in [0.2, 0.25) is 0 Å². The molecule has 1 saturated heterocycles. The van der Waals surface area contributed by atoms with E-state index in [9.17, 15) is 9.50 Å². The van der Waals surface area contributed by atoms with Crippen LogP contribution in [0, 0.1) is 12.7 Å². The van der Waals surface area contributed by atoms with E-state index in [1.54, 1.807) is 13.0 Å². The summed E-state index contributed by atoms with van der Waals surface area (Å²) in [6.07, 6.45) is 0. The zero-order valence-corrected chi connectivity index (χ0v) is 11.1. The van der Waals surface area contributed by atoms with Gasteiger partial charge in [-0.15, -0.1) is 0 Å². The highest BCUT2D eigenvalue weighted by Crippen LogP contribution is 2.23. The van der Waals surface area contributed by atoms with Crippen molar-refractivity contribution in [1.29, 1.82) is 0 Å². The summed E-state index contributed by atoms with van der Waals surface area (Å²) < 4.78 is 13.3. The van der Waals surface area contributed by atoms with Crippen LogP contribution in [0.4, 0.5) is 4.39 Å². The Balaban J connectivity index is 2.14. The van der Waals surface area contributed by atoms with Crippen molar-refractivity contribution in [2.75, 3.05) is 39.8 Å². The largest absolute Gasteiger partial charge is 0.394 e. The van der Waals surface area contributed by atoms with Gasteiger partial charge in [0.2, 0.25) is 0 Å². The molecule has 1 aromatic carbocycles. The molecule has 0 aliphatic carbocycles. The number of benzene rings is 1. The van der Waals surface area contributed by atoms with Gasteiger partial charge in [0.25, 0.3) is 0 Å². The third kappa shape index (κ3) is 2.88. The van der Waals surface area contributed by atoms with Crippen LogP contribution in [-0.4, -0.2) is 54.7 Å². The third-order valence-electron chi connectivity index (χ3n) is 3.72. The Morgan fingerprint density at radius 2 is 1.94 bits per heavy atom. The van der Waals surface area contributed by atoms with Gasteiger partial charge in [-0.3, -0.25) is 4.90 Å². The zero-order chi connectivity index (χ0) is 13.1. The second-order valence-electron chi connectivity index (χ2n) is 5.05. The highest BCUT2D eigenvalue weighted by atomic mass is 19.1. The smallest absolute Gasteiger partial charge is 0.126 e. The molecule has 2 rings (SSSR count). The van der Waals surface area contributed by atoms with E-state index in [0.717, 1.165) is 31.7 Å². The SMILES string of the molecule is Cc1cc(C(CO)N2CCN(C)CC2)ccc1F. The fourth-order valence-electron chi connectivity index (χ4n) is 2.44. The molecule has 0 aromatic heterocycles. The van der Waals surface area contributed by atoms with E-state index in [4.69, 9.17) is 0 Å². The van der Waals surface area contributed by atoms with Crippen LogP contribution >= 0.6 is 0 Å². The molecule has 0 saturated carbocycles. The van der Waals surface area contributed by atoms with Gasteiger partial charge in [0, 0.05) is 26.2 Å². The molecule has 1 atom stereocenters. The number of nitrogens with zero attached hydrogens (tertiary/aromatic N) is 2. The number of hydrogen-bond acceptors (Lipinski definition) is 3. The maximum Gasteiger partial charge on any atom is 0.126 e. The van der Waals surface area contributed by atoms with Gasteiger partial charge in [-0.2, -0.15) is 0 Å². The van der Waals surface area contributed by atoms with Crippen LogP contribution in [0.15, 0.2) is 18.2 Å². The molecule has 1 aliphatic rings. The molecule has 1 N–H and O–H groups in total. The van der Waals surface area contributed by atoms with Gasteiger partial charge in [-0.1, -0.05) is 12.1 Å². The Labute approximate surface area is 108 Å². The maximum atomic E-state index is 13.3. The molecule has 0 bridgehead atoms. The molecular formula is C14H21FN2O. The molecule has 1 fully saturated rings. The van der Waals surface area contributed by atoms with Gasteiger partial charge in [0.15, 0.2) is 0 Å². The highest BCUT2D eigenvalue weighted by molar-refractivity contribution is 5.26. The van der Waals surface area contributed by atoms with E-state index in [0.29, 0.717) is 5.56 Å². The molecule has 1 unspecified atom stereocenters. The average molecular weight is 252 g/mol. The summed E-state index contributed by atoms with van der Waals surface area (Å²) in [5, 5.41) is 9.61. The summed E-state index contributed by atoms with van der Waals surface area (Å²) >= 11 is 0. The molecule has 18 heavy (non-hydrogen) atoms. The van der Waals surface area contributed by atoms with Crippen LogP contribution in [0.5, 0.6) is 0 Å². The van der Waals surface area contributed by atoms with E-state index in [1.807, 2.05) is 6.07 Å². The number of likely N-dealkylation sites (N-methyl/N-ethyl adjacent to an activating group) is 1. The molecule has 100 valence electrons. The van der Waals surface area contributed by atoms with E-state index in [1.165, 1.54) is 6.07 Å². The lowest BCUT2D eigenvalue weighted by molar-refractivity contribution is 0.0747. The van der Waals surface area contributed by atoms with E-state index >= 15 is 0 Å². The van der Waals surface area contributed by atoms with Gasteiger partial charge in [-0.05, 0) is 31.2 Å². The lowest BCUT2D eigenvalue weighted by Crippen LogP contribution is -2.46. The van der Waals surface area contributed by atoms with Gasteiger partial charge in [0.1, 0.15) is 5.82 Å². The zero-order valence-electron chi connectivity index (χ0n) is 11.1. The Bertz CT molecular complexity index is 403. The Morgan fingerprint density at radius 1 is 1.28 bits per heavy atom. The van der Waals surface area contributed by atoms with Crippen molar-refractivity contribution >= 4 is 0 Å². The topological polar surface area (TPSA) is 26.7 Å². The number of hydrogen-bond donors (Lipinski definition) is 1. The molecule has 3 nitrogen and oxygen atoms in total. The van der Waals surface area contributed by atoms with Gasteiger partial charge in [-0.25, -0.2) is 4.39 Å². The predicted octanol–water partition coefficient (Wildman–Crippen LogP) is 1.41. The normalized spacial score (nSPS) is 20.0. The summed E-state index contributed by atoms with van der Waals surface area (Å²) in [6, 6.07) is 5.09. The summed E-state index contributed by atoms with van der Waals surface area (Å²) in [5.74, 6) is -0.186. The number of aryl methyl sites for hydroxylation is 1. The molecule has 1 heterocycles. The van der Waals surface area contributed by atoms with E-state index < -0.39 is 0 Å². The summed E-state index contributed by atoms with van der Waals surface area (Å²) in [6.45, 7) is 5.75. The third-order valence-corrected chi connectivity index (χ3v) is 3.72. The standard InChI is InChI=1S/C14H21FN2O/c1-11-9-12(3-4-13(11)15)14(10-18)17-7-5-16(2)6-8-17/h3-4,9,14,18H,5-8,10H2,1-2H3. The minimum atomic E-state index is -0.186. The number of halogens is 1. The Morgan fingerprint density at radius 3 is 2.50 bits per heavy atom. The van der Waals surface area contributed by atoms with Gasteiger partial charge in [0.05, 0.1) is 12.6 Å². The second kappa shape index (κ2) is 5.78. The minimum absolute atomic E-state index is 0.0157. The van der Waals surface area contributed by atoms with Crippen molar-refractivity contribution in [2.24, 2.45) is 0 Å². The molecule has 0 amide bonds. The first-order chi connectivity index (χ1) is 8.61.